The van der Waals surface area contributed by atoms with Gasteiger partial charge in [0.05, 0.1) is 10.6 Å². The van der Waals surface area contributed by atoms with Crippen LogP contribution in [0.4, 0.5) is 10.1 Å². The van der Waals surface area contributed by atoms with Gasteiger partial charge in [0.2, 0.25) is 5.91 Å². The molecule has 0 saturated carbocycles. The second-order valence-electron chi connectivity index (χ2n) is 7.22. The van der Waals surface area contributed by atoms with E-state index in [0.29, 0.717) is 17.8 Å². The van der Waals surface area contributed by atoms with Crippen LogP contribution in [0.3, 0.4) is 0 Å². The molecule has 1 saturated heterocycles. The smallest absolute Gasteiger partial charge is 0.272 e. The molecule has 1 aliphatic heterocycles. The van der Waals surface area contributed by atoms with E-state index in [9.17, 15) is 22.4 Å². The van der Waals surface area contributed by atoms with Crippen molar-refractivity contribution < 1.29 is 22.4 Å². The van der Waals surface area contributed by atoms with Gasteiger partial charge in [-0.15, -0.1) is 0 Å². The average Bonchev–Trinajstić information content (AvgIpc) is 3.13. The molecule has 1 unspecified atom stereocenters. The highest BCUT2D eigenvalue weighted by Gasteiger charge is 2.32. The number of nitrogens with one attached hydrogen (secondary N) is 1. The van der Waals surface area contributed by atoms with Crippen molar-refractivity contribution >= 4 is 27.3 Å². The first-order valence-corrected chi connectivity index (χ1v) is 10.4. The number of anilines is 1. The van der Waals surface area contributed by atoms with Crippen LogP contribution in [0.25, 0.3) is 0 Å². The summed E-state index contributed by atoms with van der Waals surface area (Å²) in [5.41, 5.74) is 0.978. The summed E-state index contributed by atoms with van der Waals surface area (Å²) in [6.45, 7) is 1.99. The zero-order chi connectivity index (χ0) is 20.6. The molecule has 7 nitrogen and oxygen atoms in total. The highest BCUT2D eigenvalue weighted by atomic mass is 32.2. The Balaban J connectivity index is 1.77. The third kappa shape index (κ3) is 4.09. The molecule has 3 rings (SSSR count). The standard InChI is InChI=1S/C19H22FN3O4S/c1-12-6-14(4-5-16(12)20)21-19(25)17-8-15(10-22(17)2)28(26,27)11-13-7-18(24)23(3)9-13/h4-6,8,10,13H,7,9,11H2,1-3H3,(H,21,25). The molecule has 1 aliphatic rings. The number of hydrogen-bond acceptors (Lipinski definition) is 4. The molecule has 1 fully saturated rings. The molecule has 1 aromatic carbocycles. The Morgan fingerprint density at radius 2 is 2.00 bits per heavy atom. The fraction of sp³-hybridized carbons (Fsp3) is 0.368. The third-order valence-corrected chi connectivity index (χ3v) is 6.72. The molecule has 2 aromatic rings. The Kier molecular flexibility index (Phi) is 5.29. The number of likely N-dealkylation sites (tertiary alicyclic amines) is 1. The summed E-state index contributed by atoms with van der Waals surface area (Å²) < 4.78 is 40.2. The second-order valence-corrected chi connectivity index (χ2v) is 9.25. The van der Waals surface area contributed by atoms with E-state index in [2.05, 4.69) is 5.32 Å². The molecule has 0 bridgehead atoms. The van der Waals surface area contributed by atoms with E-state index in [4.69, 9.17) is 0 Å². The molecule has 150 valence electrons. The maximum Gasteiger partial charge on any atom is 0.272 e. The Labute approximate surface area is 163 Å². The molecule has 1 N–H and O–H groups in total. The summed E-state index contributed by atoms with van der Waals surface area (Å²) in [5.74, 6) is -1.34. The lowest BCUT2D eigenvalue weighted by Crippen LogP contribution is -2.21. The van der Waals surface area contributed by atoms with Crippen molar-refractivity contribution in [3.8, 4) is 0 Å². The van der Waals surface area contributed by atoms with Gasteiger partial charge in [0.1, 0.15) is 11.5 Å². The summed E-state index contributed by atoms with van der Waals surface area (Å²) in [5, 5.41) is 2.64. The molecule has 9 heteroatoms. The third-order valence-electron chi connectivity index (χ3n) is 4.86. The van der Waals surface area contributed by atoms with Crippen LogP contribution in [0.2, 0.25) is 0 Å². The van der Waals surface area contributed by atoms with Crippen LogP contribution >= 0.6 is 0 Å². The molecule has 1 aromatic heterocycles. The lowest BCUT2D eigenvalue weighted by Gasteiger charge is -2.09. The Bertz CT molecular complexity index is 1050. The van der Waals surface area contributed by atoms with Gasteiger partial charge in [-0.05, 0) is 42.7 Å². The minimum Gasteiger partial charge on any atom is -0.345 e. The Morgan fingerprint density at radius 3 is 2.61 bits per heavy atom. The first-order chi connectivity index (χ1) is 13.1. The van der Waals surface area contributed by atoms with E-state index in [0.717, 1.165) is 0 Å². The van der Waals surface area contributed by atoms with Crippen molar-refractivity contribution in [1.29, 1.82) is 0 Å². The Hall–Kier alpha value is -2.68. The van der Waals surface area contributed by atoms with Crippen LogP contribution in [-0.4, -0.2) is 49.0 Å². The van der Waals surface area contributed by atoms with Crippen molar-refractivity contribution in [2.75, 3.05) is 24.7 Å². The van der Waals surface area contributed by atoms with Crippen LogP contribution in [0.1, 0.15) is 22.5 Å². The zero-order valence-corrected chi connectivity index (χ0v) is 16.7. The van der Waals surface area contributed by atoms with E-state index in [1.165, 1.54) is 39.9 Å². The van der Waals surface area contributed by atoms with Gasteiger partial charge in [-0.2, -0.15) is 0 Å². The van der Waals surface area contributed by atoms with Gasteiger partial charge in [0, 0.05) is 38.9 Å². The number of carbonyl (C=O) groups excluding carboxylic acids is 2. The van der Waals surface area contributed by atoms with Crippen molar-refractivity contribution in [1.82, 2.24) is 9.47 Å². The minimum atomic E-state index is -3.64. The number of aryl methyl sites for hydroxylation is 2. The van der Waals surface area contributed by atoms with Gasteiger partial charge in [-0.3, -0.25) is 9.59 Å². The summed E-state index contributed by atoms with van der Waals surface area (Å²) >= 11 is 0. The highest BCUT2D eigenvalue weighted by Crippen LogP contribution is 2.23. The fourth-order valence-electron chi connectivity index (χ4n) is 3.32. The van der Waals surface area contributed by atoms with Gasteiger partial charge < -0.3 is 14.8 Å². The number of benzene rings is 1. The highest BCUT2D eigenvalue weighted by molar-refractivity contribution is 7.91. The lowest BCUT2D eigenvalue weighted by molar-refractivity contribution is -0.126. The number of nitrogens with zero attached hydrogens (tertiary/aromatic N) is 2. The van der Waals surface area contributed by atoms with Crippen molar-refractivity contribution in [3.05, 3.63) is 47.5 Å². The van der Waals surface area contributed by atoms with Gasteiger partial charge >= 0.3 is 0 Å². The van der Waals surface area contributed by atoms with Crippen molar-refractivity contribution in [2.45, 2.75) is 18.2 Å². The van der Waals surface area contributed by atoms with Crippen molar-refractivity contribution in [3.63, 3.8) is 0 Å². The first-order valence-electron chi connectivity index (χ1n) is 8.77. The normalized spacial score (nSPS) is 17.2. The topological polar surface area (TPSA) is 88.5 Å². The second kappa shape index (κ2) is 7.38. The molecule has 0 radical (unpaired) electrons. The number of carbonyl (C=O) groups is 2. The number of amides is 2. The summed E-state index contributed by atoms with van der Waals surface area (Å²) in [4.78, 5) is 25.7. The van der Waals surface area contributed by atoms with Crippen LogP contribution < -0.4 is 5.32 Å². The quantitative estimate of drug-likeness (QED) is 0.821. The van der Waals surface area contributed by atoms with E-state index in [1.807, 2.05) is 0 Å². The molecule has 0 aliphatic carbocycles. The van der Waals surface area contributed by atoms with Crippen LogP contribution in [0.5, 0.6) is 0 Å². The SMILES string of the molecule is Cc1cc(NC(=O)c2cc(S(=O)(=O)CC3CC(=O)N(C)C3)cn2C)ccc1F. The fourth-order valence-corrected chi connectivity index (χ4v) is 4.97. The van der Waals surface area contributed by atoms with E-state index >= 15 is 0 Å². The average molecular weight is 407 g/mol. The Morgan fingerprint density at radius 1 is 1.29 bits per heavy atom. The number of halogens is 1. The summed E-state index contributed by atoms with van der Waals surface area (Å²) in [6, 6.07) is 5.52. The van der Waals surface area contributed by atoms with Crippen LogP contribution in [0.15, 0.2) is 35.4 Å². The molecule has 2 heterocycles. The van der Waals surface area contributed by atoms with Crippen LogP contribution in [0, 0.1) is 18.7 Å². The van der Waals surface area contributed by atoms with Gasteiger partial charge in [-0.1, -0.05) is 0 Å². The monoisotopic (exact) mass is 407 g/mol. The maximum atomic E-state index is 13.4. The molecule has 0 spiro atoms. The van der Waals surface area contributed by atoms with Crippen molar-refractivity contribution in [2.24, 2.45) is 13.0 Å². The zero-order valence-electron chi connectivity index (χ0n) is 15.9. The largest absolute Gasteiger partial charge is 0.345 e. The van der Waals surface area contributed by atoms with E-state index in [1.54, 1.807) is 21.0 Å². The predicted octanol–water partition coefficient (Wildman–Crippen LogP) is 1.98. The summed E-state index contributed by atoms with van der Waals surface area (Å²) in [6.07, 6.45) is 1.60. The van der Waals surface area contributed by atoms with Gasteiger partial charge in [0.25, 0.3) is 5.91 Å². The van der Waals surface area contributed by atoms with E-state index < -0.39 is 15.7 Å². The summed E-state index contributed by atoms with van der Waals surface area (Å²) in [7, 11) is -0.410. The van der Waals surface area contributed by atoms with Crippen LogP contribution in [-0.2, 0) is 21.7 Å². The number of hydrogen-bond donors (Lipinski definition) is 1. The number of aromatic nitrogens is 1. The lowest BCUT2D eigenvalue weighted by atomic mass is 10.1. The number of rotatable bonds is 5. The molecular formula is C19H22FN3O4S. The van der Waals surface area contributed by atoms with Gasteiger partial charge in [0.15, 0.2) is 9.84 Å². The molecule has 28 heavy (non-hydrogen) atoms. The number of sulfone groups is 1. The van der Waals surface area contributed by atoms with Gasteiger partial charge in [-0.25, -0.2) is 12.8 Å². The first kappa shape index (κ1) is 20.1. The minimum absolute atomic E-state index is 0.0393. The molecule has 2 amide bonds. The maximum absolute atomic E-state index is 13.4. The molecular weight excluding hydrogens is 385 g/mol. The predicted molar refractivity (Wildman–Crippen MR) is 102 cm³/mol. The van der Waals surface area contributed by atoms with E-state index in [-0.39, 0.29) is 40.4 Å². The molecule has 1 atom stereocenters.